The molecule has 3 N–H and O–H groups in total. The maximum Gasteiger partial charge on any atom is 0.422 e. The van der Waals surface area contributed by atoms with Crippen molar-refractivity contribution >= 4 is 17.6 Å². The minimum atomic E-state index is -4.45. The lowest BCUT2D eigenvalue weighted by Gasteiger charge is -2.14. The molecule has 0 fully saturated rings. The van der Waals surface area contributed by atoms with E-state index in [1.807, 2.05) is 6.92 Å². The number of urea groups is 1. The first-order valence-electron chi connectivity index (χ1n) is 7.22. The van der Waals surface area contributed by atoms with E-state index in [-0.39, 0.29) is 17.5 Å². The number of rotatable bonds is 7. The largest absolute Gasteiger partial charge is 0.468 e. The van der Waals surface area contributed by atoms with Crippen LogP contribution in [0.25, 0.3) is 0 Å². The summed E-state index contributed by atoms with van der Waals surface area (Å²) < 4.78 is 40.5. The summed E-state index contributed by atoms with van der Waals surface area (Å²) in [6.07, 6.45) is -2.53. The molecule has 0 aromatic carbocycles. The van der Waals surface area contributed by atoms with Crippen LogP contribution in [0.1, 0.15) is 20.3 Å². The number of carbonyl (C=O) groups excluding carboxylic acids is 2. The van der Waals surface area contributed by atoms with Gasteiger partial charge >= 0.3 is 12.2 Å². The standard InChI is InChI=1S/C14H19F3N4O3/c1-3-6-18-12(22)9(2)20-13(23)21-10-4-5-11(19-7-10)24-8-14(15,16)17/h4-5,7,9H,3,6,8H2,1-2H3,(H,18,22)(H2,20,21,23)/t9-/m1/s1. The van der Waals surface area contributed by atoms with E-state index >= 15 is 0 Å². The van der Waals surface area contributed by atoms with Crippen LogP contribution in [-0.2, 0) is 4.79 Å². The first kappa shape index (κ1) is 19.5. The van der Waals surface area contributed by atoms with Gasteiger partial charge in [-0.05, 0) is 19.4 Å². The minimum Gasteiger partial charge on any atom is -0.468 e. The lowest BCUT2D eigenvalue weighted by atomic mass is 10.3. The van der Waals surface area contributed by atoms with Gasteiger partial charge in [0.05, 0.1) is 11.9 Å². The summed E-state index contributed by atoms with van der Waals surface area (Å²) >= 11 is 0. The Labute approximate surface area is 137 Å². The van der Waals surface area contributed by atoms with Crippen LogP contribution in [0.15, 0.2) is 18.3 Å². The Hall–Kier alpha value is -2.52. The first-order chi connectivity index (χ1) is 11.2. The number of ether oxygens (including phenoxy) is 1. The SMILES string of the molecule is CCCNC(=O)[C@@H](C)NC(=O)Nc1ccc(OCC(F)(F)F)nc1. The molecule has 1 heterocycles. The van der Waals surface area contributed by atoms with Gasteiger partial charge in [-0.3, -0.25) is 4.79 Å². The number of amides is 3. The van der Waals surface area contributed by atoms with Crippen molar-refractivity contribution in [3.05, 3.63) is 18.3 Å². The molecule has 0 aliphatic heterocycles. The molecule has 1 aromatic heterocycles. The molecular formula is C14H19F3N4O3. The molecule has 0 unspecified atom stereocenters. The van der Waals surface area contributed by atoms with Crippen molar-refractivity contribution < 1.29 is 27.5 Å². The van der Waals surface area contributed by atoms with E-state index in [0.717, 1.165) is 12.6 Å². The Morgan fingerprint density at radius 3 is 2.58 bits per heavy atom. The highest BCUT2D eigenvalue weighted by Gasteiger charge is 2.28. The fourth-order valence-corrected chi connectivity index (χ4v) is 1.53. The van der Waals surface area contributed by atoms with Crippen molar-refractivity contribution in [3.63, 3.8) is 0 Å². The Morgan fingerprint density at radius 2 is 2.04 bits per heavy atom. The Balaban J connectivity index is 2.45. The number of pyridine rings is 1. The number of nitrogens with zero attached hydrogens (tertiary/aromatic N) is 1. The van der Waals surface area contributed by atoms with E-state index in [2.05, 4.69) is 25.7 Å². The van der Waals surface area contributed by atoms with Crippen LogP contribution in [0.5, 0.6) is 5.88 Å². The number of hydrogen-bond acceptors (Lipinski definition) is 4. The molecule has 0 saturated heterocycles. The number of alkyl halides is 3. The van der Waals surface area contributed by atoms with Crippen molar-refractivity contribution in [2.75, 3.05) is 18.5 Å². The molecule has 0 aliphatic rings. The summed E-state index contributed by atoms with van der Waals surface area (Å²) in [6, 6.07) is 1.15. The molecule has 0 aliphatic carbocycles. The first-order valence-corrected chi connectivity index (χ1v) is 7.22. The van der Waals surface area contributed by atoms with Crippen molar-refractivity contribution in [3.8, 4) is 5.88 Å². The molecule has 3 amide bonds. The Morgan fingerprint density at radius 1 is 1.33 bits per heavy atom. The number of nitrogens with one attached hydrogen (secondary N) is 3. The van der Waals surface area contributed by atoms with E-state index in [4.69, 9.17) is 0 Å². The van der Waals surface area contributed by atoms with Crippen LogP contribution in [0.3, 0.4) is 0 Å². The van der Waals surface area contributed by atoms with Crippen LogP contribution >= 0.6 is 0 Å². The second-order valence-electron chi connectivity index (χ2n) is 4.90. The van der Waals surface area contributed by atoms with Gasteiger partial charge in [-0.2, -0.15) is 13.2 Å². The van der Waals surface area contributed by atoms with Crippen LogP contribution in [0.4, 0.5) is 23.7 Å². The molecule has 24 heavy (non-hydrogen) atoms. The number of aromatic nitrogens is 1. The fourth-order valence-electron chi connectivity index (χ4n) is 1.53. The molecule has 10 heteroatoms. The average Bonchev–Trinajstić information content (AvgIpc) is 2.51. The highest BCUT2D eigenvalue weighted by molar-refractivity contribution is 5.93. The molecular weight excluding hydrogens is 329 g/mol. The van der Waals surface area contributed by atoms with Gasteiger partial charge in [0.15, 0.2) is 6.61 Å². The van der Waals surface area contributed by atoms with E-state index < -0.39 is 24.9 Å². The second kappa shape index (κ2) is 8.94. The van der Waals surface area contributed by atoms with Crippen molar-refractivity contribution in [1.82, 2.24) is 15.6 Å². The normalized spacial score (nSPS) is 12.2. The molecule has 0 saturated carbocycles. The van der Waals surface area contributed by atoms with E-state index in [1.54, 1.807) is 0 Å². The highest BCUT2D eigenvalue weighted by atomic mass is 19.4. The van der Waals surface area contributed by atoms with Crippen LogP contribution in [-0.4, -0.2) is 42.3 Å². The van der Waals surface area contributed by atoms with Crippen LogP contribution < -0.4 is 20.7 Å². The third-order valence-corrected chi connectivity index (χ3v) is 2.67. The molecule has 1 rings (SSSR count). The maximum absolute atomic E-state index is 12.0. The number of anilines is 1. The van der Waals surface area contributed by atoms with Gasteiger partial charge in [-0.1, -0.05) is 6.92 Å². The Kier molecular flexibility index (Phi) is 7.28. The van der Waals surface area contributed by atoms with Gasteiger partial charge in [-0.25, -0.2) is 9.78 Å². The van der Waals surface area contributed by atoms with Crippen molar-refractivity contribution in [1.29, 1.82) is 0 Å². The third kappa shape index (κ3) is 7.65. The van der Waals surface area contributed by atoms with Crippen LogP contribution in [0.2, 0.25) is 0 Å². The van der Waals surface area contributed by atoms with Crippen molar-refractivity contribution in [2.45, 2.75) is 32.5 Å². The van der Waals surface area contributed by atoms with Crippen LogP contribution in [0, 0.1) is 0 Å². The van der Waals surface area contributed by atoms with Gasteiger partial charge in [-0.15, -0.1) is 0 Å². The molecule has 134 valence electrons. The summed E-state index contributed by atoms with van der Waals surface area (Å²) in [5.74, 6) is -0.536. The Bertz CT molecular complexity index is 549. The van der Waals surface area contributed by atoms with Gasteiger partial charge in [0.25, 0.3) is 0 Å². The van der Waals surface area contributed by atoms with E-state index in [0.29, 0.717) is 6.54 Å². The lowest BCUT2D eigenvalue weighted by molar-refractivity contribution is -0.154. The quantitative estimate of drug-likeness (QED) is 0.703. The zero-order chi connectivity index (χ0) is 18.2. The summed E-state index contributed by atoms with van der Waals surface area (Å²) in [5.41, 5.74) is 0.244. The molecule has 0 bridgehead atoms. The molecule has 0 radical (unpaired) electrons. The van der Waals surface area contributed by atoms with Gasteiger partial charge in [0, 0.05) is 12.6 Å². The summed E-state index contributed by atoms with van der Waals surface area (Å²) in [4.78, 5) is 27.0. The molecule has 0 spiro atoms. The third-order valence-electron chi connectivity index (χ3n) is 2.67. The van der Waals surface area contributed by atoms with E-state index in [1.165, 1.54) is 19.1 Å². The maximum atomic E-state index is 12.0. The van der Waals surface area contributed by atoms with Crippen molar-refractivity contribution in [2.24, 2.45) is 0 Å². The number of carbonyl (C=O) groups is 2. The number of hydrogen-bond donors (Lipinski definition) is 3. The zero-order valence-electron chi connectivity index (χ0n) is 13.2. The summed E-state index contributed by atoms with van der Waals surface area (Å²) in [7, 11) is 0. The van der Waals surface area contributed by atoms with Gasteiger partial charge in [0.1, 0.15) is 6.04 Å². The predicted molar refractivity (Wildman–Crippen MR) is 80.7 cm³/mol. The van der Waals surface area contributed by atoms with Gasteiger partial charge in [0.2, 0.25) is 11.8 Å². The fraction of sp³-hybridized carbons (Fsp3) is 0.500. The molecule has 1 aromatic rings. The minimum absolute atomic E-state index is 0.217. The zero-order valence-corrected chi connectivity index (χ0v) is 13.2. The van der Waals surface area contributed by atoms with Gasteiger partial charge < -0.3 is 20.7 Å². The monoisotopic (exact) mass is 348 g/mol. The molecule has 1 atom stereocenters. The smallest absolute Gasteiger partial charge is 0.422 e. The lowest BCUT2D eigenvalue weighted by Crippen LogP contribution is -2.46. The summed E-state index contributed by atoms with van der Waals surface area (Å²) in [5, 5.41) is 7.47. The topological polar surface area (TPSA) is 92.4 Å². The average molecular weight is 348 g/mol. The molecule has 7 nitrogen and oxygen atoms in total. The summed E-state index contributed by atoms with van der Waals surface area (Å²) in [6.45, 7) is 2.49. The van der Waals surface area contributed by atoms with E-state index in [9.17, 15) is 22.8 Å². The predicted octanol–water partition coefficient (Wildman–Crippen LogP) is 2.06. The number of halogens is 3. The second-order valence-corrected chi connectivity index (χ2v) is 4.90. The highest BCUT2D eigenvalue weighted by Crippen LogP contribution is 2.17.